The lowest BCUT2D eigenvalue weighted by atomic mass is 9.73. The average molecular weight is 1580 g/mol. The summed E-state index contributed by atoms with van der Waals surface area (Å²) in [5.74, 6) is -0.269. The highest BCUT2D eigenvalue weighted by atomic mass is 32.1. The average Bonchev–Trinajstić information content (AvgIpc) is 1.49. The van der Waals surface area contributed by atoms with Gasteiger partial charge in [-0.3, -0.25) is 9.59 Å². The predicted octanol–water partition coefficient (Wildman–Crippen LogP) is 28.4. The van der Waals surface area contributed by atoms with E-state index in [4.69, 9.17) is 0 Å². The predicted molar refractivity (Wildman–Crippen MR) is 451 cm³/mol. The minimum Gasteiger partial charge on any atom is -0.288 e. The van der Waals surface area contributed by atoms with Gasteiger partial charge in [-0.1, -0.05) is 105 Å². The van der Waals surface area contributed by atoms with Gasteiger partial charge in [0.2, 0.25) is 11.6 Å². The van der Waals surface area contributed by atoms with Gasteiger partial charge in [-0.15, -0.1) is 136 Å². The molecule has 4 aliphatic carbocycles. The Hall–Kier alpha value is -7.08. The number of benzene rings is 1. The fourth-order valence-electron chi connectivity index (χ4n) is 16.4. The molecule has 4 aliphatic rings. The van der Waals surface area contributed by atoms with Gasteiger partial charge < -0.3 is 0 Å². The zero-order valence-electron chi connectivity index (χ0n) is 58.0. The minimum atomic E-state index is -0.728. The highest BCUT2D eigenvalue weighted by Gasteiger charge is 2.56. The van der Waals surface area contributed by atoms with Crippen molar-refractivity contribution in [3.8, 4) is 45.2 Å². The Morgan fingerprint density at radius 2 is 0.712 bits per heavy atom. The fourth-order valence-corrected chi connectivity index (χ4v) is 31.8. The molecule has 0 spiro atoms. The molecule has 12 heterocycles. The van der Waals surface area contributed by atoms with Crippen LogP contribution in [0, 0.1) is 45.3 Å². The largest absolute Gasteiger partial charge is 0.288 e. The number of allylic oxidation sites excluding steroid dienone is 6. The number of hydrogen-bond acceptors (Lipinski definition) is 18. The van der Waals surface area contributed by atoms with Gasteiger partial charge in [0.1, 0.15) is 35.4 Å². The topological polar surface area (TPSA) is 129 Å². The molecule has 13 aromatic rings. The van der Waals surface area contributed by atoms with Gasteiger partial charge in [0.05, 0.1) is 39.4 Å². The lowest BCUT2D eigenvalue weighted by molar-refractivity contribution is 0.103. The summed E-state index contributed by atoms with van der Waals surface area (Å²) in [7, 11) is 0. The van der Waals surface area contributed by atoms with Crippen LogP contribution in [0.1, 0.15) is 232 Å². The summed E-state index contributed by atoms with van der Waals surface area (Å²) in [4.78, 5) is 46.2. The van der Waals surface area contributed by atoms with Crippen molar-refractivity contribution in [2.24, 2.45) is 0 Å². The number of aryl methyl sites for hydroxylation is 4. The van der Waals surface area contributed by atoms with Crippen LogP contribution in [0.3, 0.4) is 0 Å². The molecule has 0 unspecified atom stereocenters. The maximum absolute atomic E-state index is 14.9. The normalized spacial score (nSPS) is 15.3. The molecule has 104 heavy (non-hydrogen) atoms. The lowest BCUT2D eigenvalue weighted by Crippen LogP contribution is -2.27. The minimum absolute atomic E-state index is 0.0420. The van der Waals surface area contributed by atoms with E-state index in [-0.39, 0.29) is 22.7 Å². The van der Waals surface area contributed by atoms with Gasteiger partial charge in [0.15, 0.2) is 0 Å². The van der Waals surface area contributed by atoms with E-state index >= 15 is 0 Å². The zero-order valence-corrected chi connectivity index (χ0v) is 67.8. The number of ketones is 2. The zero-order chi connectivity index (χ0) is 71.1. The van der Waals surface area contributed by atoms with E-state index in [2.05, 4.69) is 125 Å². The second-order valence-corrected chi connectivity index (χ2v) is 40.5. The smallest absolute Gasteiger partial charge is 0.204 e. The van der Waals surface area contributed by atoms with Crippen molar-refractivity contribution in [3.63, 3.8) is 0 Å². The Labute approximate surface area is 654 Å². The van der Waals surface area contributed by atoms with E-state index in [1.807, 2.05) is 103 Å². The maximum atomic E-state index is 14.9. The fraction of sp³-hybridized carbons (Fsp3) is 0.302. The molecule has 0 N–H and O–H groups in total. The molecule has 6 nitrogen and oxygen atoms in total. The summed E-state index contributed by atoms with van der Waals surface area (Å²) in [6.07, 6.45) is 26.9. The maximum Gasteiger partial charge on any atom is 0.204 e. The van der Waals surface area contributed by atoms with Gasteiger partial charge in [-0.2, -0.15) is 21.0 Å². The Kier molecular flexibility index (Phi) is 19.4. The number of fused-ring (bicyclic) bond motifs is 16. The lowest BCUT2D eigenvalue weighted by Gasteiger charge is -2.32. The summed E-state index contributed by atoms with van der Waals surface area (Å²) in [5, 5.41) is 46.4. The molecule has 518 valence electrons. The van der Waals surface area contributed by atoms with Crippen molar-refractivity contribution in [2.45, 2.75) is 167 Å². The van der Waals surface area contributed by atoms with Crippen LogP contribution >= 0.6 is 136 Å². The molecule has 17 rings (SSSR count). The van der Waals surface area contributed by atoms with Gasteiger partial charge >= 0.3 is 0 Å². The van der Waals surface area contributed by atoms with Gasteiger partial charge in [0, 0.05) is 122 Å². The highest BCUT2D eigenvalue weighted by molar-refractivity contribution is 7.32. The van der Waals surface area contributed by atoms with E-state index in [9.17, 15) is 30.6 Å². The molecule has 1 aromatic carbocycles. The molecule has 0 atom stereocenters. The van der Waals surface area contributed by atoms with Crippen LogP contribution < -0.4 is 0 Å². The number of nitriles is 4. The summed E-state index contributed by atoms with van der Waals surface area (Å²) < 4.78 is 8.57. The van der Waals surface area contributed by atoms with E-state index in [1.54, 1.807) is 45.3 Å². The number of Topliss-reactive ketones (excluding diaryl/α,β-unsaturated/α-hetero) is 2. The monoisotopic (exact) mass is 1570 g/mol. The van der Waals surface area contributed by atoms with E-state index in [0.29, 0.717) is 32.0 Å². The van der Waals surface area contributed by atoms with Crippen molar-refractivity contribution in [3.05, 3.63) is 210 Å². The van der Waals surface area contributed by atoms with E-state index in [1.165, 1.54) is 191 Å². The molecule has 18 heteroatoms. The molecular weight excluding hydrogens is 1510 g/mol. The molecule has 0 saturated heterocycles. The first-order valence-corrected chi connectivity index (χ1v) is 46.3. The van der Waals surface area contributed by atoms with Gasteiger partial charge in [-0.25, -0.2) is 0 Å². The molecule has 0 aliphatic heterocycles. The van der Waals surface area contributed by atoms with Crippen molar-refractivity contribution in [1.82, 2.24) is 0 Å². The molecule has 12 aromatic heterocycles. The number of hydrogen-bond donors (Lipinski definition) is 0. The molecule has 0 saturated carbocycles. The number of unbranched alkanes of at least 4 members (excludes halogenated alkanes) is 12. The highest BCUT2D eigenvalue weighted by Crippen LogP contribution is 2.70. The molecule has 0 fully saturated rings. The van der Waals surface area contributed by atoms with Crippen LogP contribution in [0.25, 0.3) is 81.8 Å². The number of nitrogens with zero attached hydrogens (tertiary/aromatic N) is 4. The van der Waals surface area contributed by atoms with Crippen LogP contribution in [0.15, 0.2) is 118 Å². The molecule has 0 bridgehead atoms. The van der Waals surface area contributed by atoms with Crippen molar-refractivity contribution in [1.29, 1.82) is 21.0 Å². The van der Waals surface area contributed by atoms with Crippen molar-refractivity contribution in [2.75, 3.05) is 0 Å². The van der Waals surface area contributed by atoms with E-state index < -0.39 is 10.8 Å². The van der Waals surface area contributed by atoms with Crippen LogP contribution in [-0.4, -0.2) is 11.6 Å². The molecule has 0 radical (unpaired) electrons. The Bertz CT molecular complexity index is 5470. The quantitative estimate of drug-likeness (QED) is 0.0302. The summed E-state index contributed by atoms with van der Waals surface area (Å²) in [6, 6.07) is 42.3. The third kappa shape index (κ3) is 11.2. The van der Waals surface area contributed by atoms with Crippen LogP contribution in [0.2, 0.25) is 0 Å². The van der Waals surface area contributed by atoms with Gasteiger partial charge in [0.25, 0.3) is 0 Å². The van der Waals surface area contributed by atoms with Crippen molar-refractivity contribution < 1.29 is 9.59 Å². The Morgan fingerprint density at radius 3 is 1.04 bits per heavy atom. The second-order valence-electron chi connectivity index (χ2n) is 27.6. The summed E-state index contributed by atoms with van der Waals surface area (Å²) >= 11 is 21.2. The van der Waals surface area contributed by atoms with E-state index in [0.717, 1.165) is 100 Å². The number of carbonyl (C=O) groups is 2. The number of carbonyl (C=O) groups excluding carboxylic acids is 2. The first kappa shape index (κ1) is 69.9. The number of rotatable bonds is 26. The standard InChI is InChI=1S/C86H70N4O2S12/c1-5-9-13-17-21-49-25-29-65(95-49)85(66-30-26-50(96-66)22-18-14-10-6-2)59-41-56-60(42-55(59)77-73(85)81-63(103-77)39-53(99-81)37-57-69(47(43-87)44-88)71-79-61(33-35-93-79)101-83(71)75(57)91)86(67-31-27-51(97-67)23-19-15-11-7-3,68-32-28-52(98-68)24-20-16-12-8-4)74-78(56)104-64-40-54(100-82(64)74)38-58-70(48(45-89)46-90)72-80-62(34-36-94-80)102-84(72)76(58)92/h25-42H,5-24H2,1-4H3/b57-37-,58-38-. The number of thiophene rings is 12. The third-order valence-corrected chi connectivity index (χ3v) is 35.5. The SMILES string of the molecule is CCCCCCc1ccc(C2(c3ccc(CCCCCC)s3)c3cc4c(cc3-c3sc5cc(/C=C6\C(=O)c7sc8ccsc8c7C6=C(C#N)C#N)sc5c32)C(c2ccc(CCCCCC)s2)(c2ccc(CCCCCC)s2)c2c-4sc3cc(/C=C4\C(=O)c5sc6ccsc6c5C4=C(C#N)C#N)sc23)s1. The third-order valence-electron chi connectivity index (χ3n) is 21.3. The second kappa shape index (κ2) is 28.9. The summed E-state index contributed by atoms with van der Waals surface area (Å²) in [5.41, 5.74) is 9.33. The first-order chi connectivity index (χ1) is 51.0. The van der Waals surface area contributed by atoms with Gasteiger partial charge in [-0.05, 0) is 181 Å². The Balaban J connectivity index is 0.926. The van der Waals surface area contributed by atoms with Crippen LogP contribution in [0.4, 0.5) is 0 Å². The first-order valence-electron chi connectivity index (χ1n) is 36.4. The Morgan fingerprint density at radius 1 is 0.375 bits per heavy atom. The van der Waals surface area contributed by atoms with Crippen LogP contribution in [0.5, 0.6) is 0 Å². The van der Waals surface area contributed by atoms with Crippen molar-refractivity contribution >= 4 is 209 Å². The molecular formula is C86H70N4O2S12. The summed E-state index contributed by atoms with van der Waals surface area (Å²) in [6.45, 7) is 9.14. The van der Waals surface area contributed by atoms with Crippen LogP contribution in [-0.2, 0) is 36.5 Å². The molecule has 0 amide bonds.